The maximum Gasteiger partial charge on any atom is 0.165 e. The minimum Gasteiger partial charge on any atom is -0.495 e. The van der Waals surface area contributed by atoms with Gasteiger partial charge in [-0.1, -0.05) is 0 Å². The standard InChI is InChI=1S/C19H18BrFN2O2.C18H15Br2FN2O2.C18H15FI2N2O2/c1-11-7-13(8-14(20)19(11)25-4)18-17(22-10-23(18)2)12-5-6-16(24-3)15(21)9-12;1-23-9-22-16(10-4-5-15(24-2)14(21)8-10)17(23)11-6-12(19)18(25-3)13(20)7-11;1-23-9-22-16(10-4-5-15(24-2)12(19)6-10)17(23)11-7-13(20)18(25-3)14(21)8-11/h5-10H,1-4H3;2*4-9H,1-3H3. The topological polar surface area (TPSA) is 109 Å². The second kappa shape index (κ2) is 25.1. The van der Waals surface area contributed by atoms with E-state index in [-0.39, 0.29) is 17.2 Å². The first-order chi connectivity index (χ1) is 35.9. The molecule has 6 aromatic carbocycles. The summed E-state index contributed by atoms with van der Waals surface area (Å²) < 4.78 is 83.8. The van der Waals surface area contributed by atoms with Crippen molar-refractivity contribution >= 4 is 93.0 Å². The highest BCUT2D eigenvalue weighted by Crippen LogP contribution is 2.42. The fourth-order valence-electron chi connectivity index (χ4n) is 8.30. The zero-order valence-corrected chi connectivity index (χ0v) is 51.1. The van der Waals surface area contributed by atoms with Gasteiger partial charge in [0.05, 0.1) is 116 Å². The van der Waals surface area contributed by atoms with Crippen LogP contribution in [0.5, 0.6) is 34.5 Å². The van der Waals surface area contributed by atoms with Gasteiger partial charge in [0.1, 0.15) is 17.2 Å². The number of methoxy groups -OCH3 is 6. The number of rotatable bonds is 12. The van der Waals surface area contributed by atoms with Crippen LogP contribution in [0, 0.1) is 31.5 Å². The second-order valence-corrected chi connectivity index (χ2v) is 21.3. The summed E-state index contributed by atoms with van der Waals surface area (Å²) in [5.74, 6) is 1.75. The highest BCUT2D eigenvalue weighted by atomic mass is 127. The SMILES string of the molecule is COc1ccc(-c2ncn(C)c2-c2cc(Br)c(OC)c(Br)c2)cc1F.COc1ccc(-c2ncn(C)c2-c2cc(C)c(OC)c(Br)c2)cc1F.COc1ccc(-c2ncn(C)c2-c2cc(I)c(OC)c(I)c2)cc1F. The van der Waals surface area contributed by atoms with Crippen molar-refractivity contribution < 1.29 is 41.6 Å². The van der Waals surface area contributed by atoms with Gasteiger partial charge in [0.15, 0.2) is 34.7 Å². The van der Waals surface area contributed by atoms with E-state index in [9.17, 15) is 13.2 Å². The summed E-state index contributed by atoms with van der Waals surface area (Å²) in [6.07, 6.45) is 5.16. The van der Waals surface area contributed by atoms with Crippen molar-refractivity contribution in [3.8, 4) is 102 Å². The number of imidazole rings is 3. The van der Waals surface area contributed by atoms with Crippen molar-refractivity contribution in [1.82, 2.24) is 28.7 Å². The zero-order valence-electron chi connectivity index (χ0n) is 42.0. The molecule has 9 aromatic rings. The minimum absolute atomic E-state index is 0.205. The molecular weight excluding hydrogens is 1390 g/mol. The van der Waals surface area contributed by atoms with Crippen molar-refractivity contribution in [1.29, 1.82) is 0 Å². The first-order valence-electron chi connectivity index (χ1n) is 22.3. The monoisotopic (exact) mass is 1440 g/mol. The smallest absolute Gasteiger partial charge is 0.165 e. The van der Waals surface area contributed by atoms with Crippen LogP contribution in [0.2, 0.25) is 0 Å². The molecule has 0 radical (unpaired) electrons. The molecule has 0 unspecified atom stereocenters. The summed E-state index contributed by atoms with van der Waals surface area (Å²) in [6, 6.07) is 26.5. The van der Waals surface area contributed by atoms with E-state index in [2.05, 4.69) is 108 Å². The van der Waals surface area contributed by atoms with Crippen molar-refractivity contribution in [3.05, 3.63) is 154 Å². The highest BCUT2D eigenvalue weighted by molar-refractivity contribution is 14.1. The lowest BCUT2D eigenvalue weighted by Crippen LogP contribution is -1.96. The molecule has 0 aliphatic rings. The molecule has 0 aliphatic heterocycles. The Morgan fingerprint density at radius 1 is 0.400 bits per heavy atom. The molecule has 12 nitrogen and oxygen atoms in total. The molecule has 20 heteroatoms. The van der Waals surface area contributed by atoms with Gasteiger partial charge in [-0.2, -0.15) is 0 Å². The average molecular weight is 1440 g/mol. The normalized spacial score (nSPS) is 10.8. The first-order valence-corrected chi connectivity index (χ1v) is 26.9. The minimum atomic E-state index is -0.423. The Hall–Kier alpha value is -5.56. The molecule has 3 heterocycles. The van der Waals surface area contributed by atoms with Crippen LogP contribution in [0.3, 0.4) is 0 Å². The van der Waals surface area contributed by atoms with Crippen molar-refractivity contribution in [2.75, 3.05) is 42.7 Å². The van der Waals surface area contributed by atoms with Gasteiger partial charge < -0.3 is 42.1 Å². The van der Waals surface area contributed by atoms with E-state index in [0.29, 0.717) is 33.8 Å². The summed E-state index contributed by atoms with van der Waals surface area (Å²) >= 11 is 15.1. The number of hydrogen-bond acceptors (Lipinski definition) is 9. The van der Waals surface area contributed by atoms with E-state index in [0.717, 1.165) is 77.1 Å². The predicted molar refractivity (Wildman–Crippen MR) is 315 cm³/mol. The first kappa shape index (κ1) is 57.2. The highest BCUT2D eigenvalue weighted by Gasteiger charge is 2.21. The fourth-order valence-corrected chi connectivity index (χ4v) is 12.7. The molecule has 0 spiro atoms. The third-order valence-electron chi connectivity index (χ3n) is 11.7. The summed E-state index contributed by atoms with van der Waals surface area (Å²) in [5.41, 5.74) is 10.8. The molecule has 75 heavy (non-hydrogen) atoms. The van der Waals surface area contributed by atoms with Crippen molar-refractivity contribution in [3.63, 3.8) is 0 Å². The molecule has 9 rings (SSSR count). The van der Waals surface area contributed by atoms with Gasteiger partial charge in [-0.25, -0.2) is 28.1 Å². The third kappa shape index (κ3) is 12.3. The maximum atomic E-state index is 14.1. The Labute approximate surface area is 485 Å². The second-order valence-electron chi connectivity index (χ2n) is 16.5. The van der Waals surface area contributed by atoms with Crippen LogP contribution in [-0.2, 0) is 21.1 Å². The van der Waals surface area contributed by atoms with Gasteiger partial charge in [0, 0.05) is 54.5 Å². The van der Waals surface area contributed by atoms with Crippen LogP contribution in [0.4, 0.5) is 13.2 Å². The molecule has 0 saturated carbocycles. The van der Waals surface area contributed by atoms with Gasteiger partial charge in [0.25, 0.3) is 0 Å². The van der Waals surface area contributed by atoms with E-state index in [1.165, 1.54) is 39.5 Å². The van der Waals surface area contributed by atoms with E-state index < -0.39 is 17.5 Å². The van der Waals surface area contributed by atoms with Gasteiger partial charge in [-0.05, 0) is 196 Å². The average Bonchev–Trinajstić information content (AvgIpc) is 4.09. The van der Waals surface area contributed by atoms with Gasteiger partial charge in [-0.15, -0.1) is 0 Å². The van der Waals surface area contributed by atoms with E-state index in [1.54, 1.807) is 70.6 Å². The Morgan fingerprint density at radius 2 is 0.707 bits per heavy atom. The van der Waals surface area contributed by atoms with Crippen LogP contribution in [0.25, 0.3) is 67.5 Å². The number of aromatic nitrogens is 6. The van der Waals surface area contributed by atoms with Crippen LogP contribution in [-0.4, -0.2) is 71.3 Å². The molecule has 390 valence electrons. The number of hydrogen-bond donors (Lipinski definition) is 0. The molecule has 3 aromatic heterocycles. The molecule has 0 N–H and O–H groups in total. The molecule has 0 aliphatic carbocycles. The largest absolute Gasteiger partial charge is 0.495 e. The third-order valence-corrected chi connectivity index (χ3v) is 15.1. The van der Waals surface area contributed by atoms with E-state index in [4.69, 9.17) is 28.4 Å². The molecule has 0 fully saturated rings. The van der Waals surface area contributed by atoms with Crippen molar-refractivity contribution in [2.24, 2.45) is 21.1 Å². The molecule has 0 atom stereocenters. The molecule has 0 saturated heterocycles. The van der Waals surface area contributed by atoms with Crippen molar-refractivity contribution in [2.45, 2.75) is 6.92 Å². The fraction of sp³-hybridized carbons (Fsp3) is 0.182. The number of ether oxygens (including phenoxy) is 6. The quantitative estimate of drug-likeness (QED) is 0.110. The van der Waals surface area contributed by atoms with E-state index >= 15 is 0 Å². The predicted octanol–water partition coefficient (Wildman–Crippen LogP) is 15.5. The van der Waals surface area contributed by atoms with Crippen LogP contribution >= 0.6 is 93.0 Å². The summed E-state index contributed by atoms with van der Waals surface area (Å²) in [5, 5.41) is 0. The number of nitrogens with zero attached hydrogens (tertiary/aromatic N) is 6. The summed E-state index contributed by atoms with van der Waals surface area (Å²) in [7, 11) is 15.0. The molecule has 0 bridgehead atoms. The van der Waals surface area contributed by atoms with Crippen LogP contribution in [0.15, 0.2) is 123 Å². The maximum absolute atomic E-state index is 14.1. The van der Waals surface area contributed by atoms with Crippen LogP contribution in [0.1, 0.15) is 5.56 Å². The Morgan fingerprint density at radius 3 is 1.00 bits per heavy atom. The number of halogens is 8. The molecular formula is C55H48Br3F3I2N6O6. The van der Waals surface area contributed by atoms with Gasteiger partial charge in [0.2, 0.25) is 0 Å². The number of aryl methyl sites for hydroxylation is 4. The number of benzene rings is 6. The lowest BCUT2D eigenvalue weighted by molar-refractivity contribution is 0.386. The Kier molecular flexibility index (Phi) is 19.1. The van der Waals surface area contributed by atoms with E-state index in [1.807, 2.05) is 84.2 Å². The Balaban J connectivity index is 0.000000164. The Bertz CT molecular complexity index is 3120. The lowest BCUT2D eigenvalue weighted by atomic mass is 10.0. The van der Waals surface area contributed by atoms with Gasteiger partial charge in [-0.3, -0.25) is 0 Å². The summed E-state index contributed by atoms with van der Waals surface area (Å²) in [4.78, 5) is 13.4. The van der Waals surface area contributed by atoms with Gasteiger partial charge >= 0.3 is 0 Å². The molecule has 0 amide bonds. The zero-order chi connectivity index (χ0) is 54.4. The summed E-state index contributed by atoms with van der Waals surface area (Å²) in [6.45, 7) is 1.98. The lowest BCUT2D eigenvalue weighted by Gasteiger charge is -2.12. The van der Waals surface area contributed by atoms with Crippen LogP contribution < -0.4 is 28.4 Å².